The summed E-state index contributed by atoms with van der Waals surface area (Å²) < 4.78 is 0. The van der Waals surface area contributed by atoms with Gasteiger partial charge < -0.3 is 5.32 Å². The van der Waals surface area contributed by atoms with Gasteiger partial charge in [0.1, 0.15) is 5.82 Å². The van der Waals surface area contributed by atoms with Gasteiger partial charge >= 0.3 is 0 Å². The molecule has 0 aliphatic carbocycles. The summed E-state index contributed by atoms with van der Waals surface area (Å²) in [6, 6.07) is 7.89. The number of benzene rings is 1. The van der Waals surface area contributed by atoms with Gasteiger partial charge in [0.2, 0.25) is 5.28 Å². The lowest BCUT2D eigenvalue weighted by molar-refractivity contribution is 1.05. The number of H-pyrrole nitrogens is 1. The largest absolute Gasteiger partial charge is 0.323 e. The van der Waals surface area contributed by atoms with Crippen molar-refractivity contribution >= 4 is 34.1 Å². The molecule has 2 N–H and O–H groups in total. The summed E-state index contributed by atoms with van der Waals surface area (Å²) >= 11 is 5.89. The Bertz CT molecular complexity index is 750. The molecule has 0 aliphatic rings. The Balaban J connectivity index is 2.06. The van der Waals surface area contributed by atoms with Gasteiger partial charge in [-0.25, -0.2) is 9.97 Å². The van der Waals surface area contributed by atoms with Gasteiger partial charge in [0, 0.05) is 16.6 Å². The van der Waals surface area contributed by atoms with Crippen LogP contribution < -0.4 is 5.32 Å². The van der Waals surface area contributed by atoms with E-state index in [0.717, 1.165) is 28.0 Å². The zero-order valence-corrected chi connectivity index (χ0v) is 11.3. The van der Waals surface area contributed by atoms with Crippen molar-refractivity contribution in [1.82, 2.24) is 20.2 Å². The Hall–Kier alpha value is -2.14. The van der Waals surface area contributed by atoms with Crippen LogP contribution in [0.2, 0.25) is 5.28 Å². The monoisotopic (exact) mass is 273 g/mol. The first-order chi connectivity index (χ1) is 9.15. The van der Waals surface area contributed by atoms with Crippen LogP contribution >= 0.6 is 11.6 Å². The molecular formula is C13H12ClN5. The van der Waals surface area contributed by atoms with Crippen LogP contribution in [0.5, 0.6) is 0 Å². The van der Waals surface area contributed by atoms with Gasteiger partial charge in [-0.1, -0.05) is 12.1 Å². The summed E-state index contributed by atoms with van der Waals surface area (Å²) in [6.45, 7) is 3.85. The van der Waals surface area contributed by atoms with Crippen molar-refractivity contribution < 1.29 is 0 Å². The molecular weight excluding hydrogens is 262 g/mol. The van der Waals surface area contributed by atoms with E-state index in [9.17, 15) is 0 Å². The molecule has 0 fully saturated rings. The molecule has 0 spiro atoms. The summed E-state index contributed by atoms with van der Waals surface area (Å²) in [6.07, 6.45) is 0. The molecule has 0 saturated carbocycles. The molecule has 3 rings (SSSR count). The van der Waals surface area contributed by atoms with Gasteiger partial charge in [-0.05, 0) is 37.6 Å². The molecule has 0 saturated heterocycles. The fourth-order valence-corrected chi connectivity index (χ4v) is 2.10. The summed E-state index contributed by atoms with van der Waals surface area (Å²) in [5.41, 5.74) is 2.78. The first kappa shape index (κ1) is 11.9. The molecule has 6 heteroatoms. The van der Waals surface area contributed by atoms with Crippen molar-refractivity contribution in [1.29, 1.82) is 0 Å². The summed E-state index contributed by atoms with van der Waals surface area (Å²) in [4.78, 5) is 8.32. The Morgan fingerprint density at radius 3 is 2.74 bits per heavy atom. The zero-order chi connectivity index (χ0) is 13.4. The van der Waals surface area contributed by atoms with E-state index in [0.29, 0.717) is 5.82 Å². The van der Waals surface area contributed by atoms with Crippen LogP contribution in [-0.4, -0.2) is 20.2 Å². The van der Waals surface area contributed by atoms with Crippen molar-refractivity contribution in [3.05, 3.63) is 40.8 Å². The maximum absolute atomic E-state index is 5.89. The van der Waals surface area contributed by atoms with E-state index in [2.05, 4.69) is 25.5 Å². The molecule has 0 aliphatic heterocycles. The lowest BCUT2D eigenvalue weighted by atomic mass is 10.2. The molecule has 0 atom stereocenters. The van der Waals surface area contributed by atoms with Crippen LogP contribution in [0, 0.1) is 13.8 Å². The molecule has 0 unspecified atom stereocenters. The average molecular weight is 274 g/mol. The summed E-state index contributed by atoms with van der Waals surface area (Å²) in [5.74, 6) is 1.41. The van der Waals surface area contributed by atoms with E-state index in [4.69, 9.17) is 11.6 Å². The molecule has 19 heavy (non-hydrogen) atoms. The number of hydrogen-bond donors (Lipinski definition) is 2. The summed E-state index contributed by atoms with van der Waals surface area (Å²) in [5, 5.41) is 11.7. The lowest BCUT2D eigenvalue weighted by Crippen LogP contribution is -2.01. The first-order valence-corrected chi connectivity index (χ1v) is 6.24. The Morgan fingerprint density at radius 2 is 1.89 bits per heavy atom. The number of aromatic amines is 1. The topological polar surface area (TPSA) is 66.5 Å². The third-order valence-corrected chi connectivity index (χ3v) is 3.24. The molecule has 2 aromatic heterocycles. The van der Waals surface area contributed by atoms with Crippen LogP contribution in [0.3, 0.4) is 0 Å². The fraction of sp³-hybridized carbons (Fsp3) is 0.154. The Labute approximate surface area is 115 Å². The third kappa shape index (κ3) is 2.13. The molecule has 0 bridgehead atoms. The zero-order valence-electron chi connectivity index (χ0n) is 10.5. The van der Waals surface area contributed by atoms with E-state index in [1.165, 1.54) is 0 Å². The molecule has 96 valence electrons. The fourth-order valence-electron chi connectivity index (χ4n) is 1.89. The number of nitrogens with zero attached hydrogens (tertiary/aromatic N) is 3. The number of aryl methyl sites for hydroxylation is 1. The van der Waals surface area contributed by atoms with Crippen LogP contribution in [0.25, 0.3) is 10.9 Å². The van der Waals surface area contributed by atoms with Gasteiger partial charge in [0.05, 0.1) is 5.52 Å². The van der Waals surface area contributed by atoms with Crippen molar-refractivity contribution in [2.75, 3.05) is 5.32 Å². The molecule has 0 amide bonds. The van der Waals surface area contributed by atoms with Gasteiger partial charge in [-0.15, -0.1) is 0 Å². The molecule has 3 aromatic rings. The molecule has 1 aromatic carbocycles. The quantitative estimate of drug-likeness (QED) is 0.703. The van der Waals surface area contributed by atoms with Crippen LogP contribution in [0.15, 0.2) is 24.3 Å². The first-order valence-electron chi connectivity index (χ1n) is 5.86. The highest BCUT2D eigenvalue weighted by atomic mass is 35.5. The molecule has 5 nitrogen and oxygen atoms in total. The normalized spacial score (nSPS) is 10.9. The predicted molar refractivity (Wildman–Crippen MR) is 75.9 cm³/mol. The minimum atomic E-state index is 0.227. The van der Waals surface area contributed by atoms with E-state index in [-0.39, 0.29) is 5.28 Å². The highest BCUT2D eigenvalue weighted by molar-refractivity contribution is 6.28. The molecule has 2 heterocycles. The smallest absolute Gasteiger partial charge is 0.224 e. The van der Waals surface area contributed by atoms with Crippen LogP contribution in [0.4, 0.5) is 11.6 Å². The predicted octanol–water partition coefficient (Wildman–Crippen LogP) is 3.37. The van der Waals surface area contributed by atoms with Crippen molar-refractivity contribution in [2.45, 2.75) is 13.8 Å². The van der Waals surface area contributed by atoms with Gasteiger partial charge in [0.25, 0.3) is 0 Å². The van der Waals surface area contributed by atoms with Crippen LogP contribution in [0.1, 0.15) is 11.3 Å². The minimum absolute atomic E-state index is 0.227. The summed E-state index contributed by atoms with van der Waals surface area (Å²) in [7, 11) is 0. The average Bonchev–Trinajstić information content (AvgIpc) is 2.79. The van der Waals surface area contributed by atoms with Gasteiger partial charge in [-0.2, -0.15) is 5.10 Å². The highest BCUT2D eigenvalue weighted by Crippen LogP contribution is 2.25. The SMILES string of the molecule is Cc1nc(Cl)nc(Nc2n[nH]c3ccccc23)c1C. The number of fused-ring (bicyclic) bond motifs is 1. The number of hydrogen-bond acceptors (Lipinski definition) is 4. The minimum Gasteiger partial charge on any atom is -0.323 e. The van der Waals surface area contributed by atoms with E-state index < -0.39 is 0 Å². The van der Waals surface area contributed by atoms with Gasteiger partial charge in [0.15, 0.2) is 5.82 Å². The number of aromatic nitrogens is 4. The lowest BCUT2D eigenvalue weighted by Gasteiger charge is -2.08. The second-order valence-corrected chi connectivity index (χ2v) is 4.63. The van der Waals surface area contributed by atoms with E-state index in [1.54, 1.807) is 0 Å². The third-order valence-electron chi connectivity index (χ3n) is 3.07. The Kier molecular flexibility index (Phi) is 2.83. The highest BCUT2D eigenvalue weighted by Gasteiger charge is 2.10. The standard InChI is InChI=1S/C13H12ClN5/c1-7-8(2)15-13(14)17-11(7)16-12-9-5-3-4-6-10(9)18-19-12/h3-6H,1-2H3,(H2,15,16,17,18,19). The van der Waals surface area contributed by atoms with Crippen molar-refractivity contribution in [3.8, 4) is 0 Å². The van der Waals surface area contributed by atoms with Crippen molar-refractivity contribution in [2.24, 2.45) is 0 Å². The van der Waals surface area contributed by atoms with E-state index >= 15 is 0 Å². The van der Waals surface area contributed by atoms with Gasteiger partial charge in [-0.3, -0.25) is 5.10 Å². The number of rotatable bonds is 2. The van der Waals surface area contributed by atoms with E-state index in [1.807, 2.05) is 38.1 Å². The maximum atomic E-state index is 5.89. The second-order valence-electron chi connectivity index (χ2n) is 4.29. The van der Waals surface area contributed by atoms with Crippen LogP contribution in [-0.2, 0) is 0 Å². The number of halogens is 1. The number of anilines is 2. The maximum Gasteiger partial charge on any atom is 0.224 e. The number of nitrogens with one attached hydrogen (secondary N) is 2. The number of para-hydroxylation sites is 1. The Morgan fingerprint density at radius 1 is 1.11 bits per heavy atom. The van der Waals surface area contributed by atoms with Crippen molar-refractivity contribution in [3.63, 3.8) is 0 Å². The second kappa shape index (κ2) is 4.51. The molecule has 0 radical (unpaired) electrons.